The summed E-state index contributed by atoms with van der Waals surface area (Å²) < 4.78 is 10.1. The smallest absolute Gasteiger partial charge is 0.332 e. The molecule has 0 saturated heterocycles. The molecular formula is C22H21ClN4O3. The Morgan fingerprint density at radius 2 is 1.80 bits per heavy atom. The molecule has 0 aliphatic carbocycles. The lowest BCUT2D eigenvalue weighted by Gasteiger charge is -2.09. The van der Waals surface area contributed by atoms with Gasteiger partial charge in [0.1, 0.15) is 5.75 Å². The summed E-state index contributed by atoms with van der Waals surface area (Å²) in [5.74, 6) is 0.651. The molecule has 0 radical (unpaired) electrons. The first-order valence-electron chi connectivity index (χ1n) is 9.42. The average Bonchev–Trinajstić information content (AvgIpc) is 3.03. The summed E-state index contributed by atoms with van der Waals surface area (Å²) in [6, 6.07) is 13.2. The van der Waals surface area contributed by atoms with Crippen LogP contribution < -0.4 is 16.0 Å². The maximum atomic E-state index is 13.2. The number of halogens is 1. The summed E-state index contributed by atoms with van der Waals surface area (Å²) in [5.41, 5.74) is 2.43. The number of benzene rings is 2. The molecule has 2 aromatic carbocycles. The van der Waals surface area contributed by atoms with E-state index in [2.05, 4.69) is 4.98 Å². The van der Waals surface area contributed by atoms with Crippen molar-refractivity contribution >= 4 is 22.8 Å². The highest BCUT2D eigenvalue weighted by Crippen LogP contribution is 2.26. The first-order valence-corrected chi connectivity index (χ1v) is 9.80. The second-order valence-corrected chi connectivity index (χ2v) is 7.80. The van der Waals surface area contributed by atoms with Crippen LogP contribution >= 0.6 is 11.6 Å². The van der Waals surface area contributed by atoms with Crippen molar-refractivity contribution in [1.29, 1.82) is 0 Å². The van der Waals surface area contributed by atoms with Gasteiger partial charge in [-0.2, -0.15) is 4.98 Å². The molecule has 0 fully saturated rings. The van der Waals surface area contributed by atoms with Gasteiger partial charge >= 0.3 is 11.7 Å². The van der Waals surface area contributed by atoms with Crippen molar-refractivity contribution in [2.45, 2.75) is 20.4 Å². The Bertz CT molecular complexity index is 1400. The fourth-order valence-corrected chi connectivity index (χ4v) is 3.60. The normalized spacial score (nSPS) is 11.2. The van der Waals surface area contributed by atoms with Crippen LogP contribution in [0.25, 0.3) is 11.2 Å². The number of ether oxygens (including phenoxy) is 1. The van der Waals surface area contributed by atoms with Gasteiger partial charge in [0, 0.05) is 19.1 Å². The Hall–Kier alpha value is -3.32. The third-order valence-corrected chi connectivity index (χ3v) is 5.33. The second kappa shape index (κ2) is 7.50. The maximum Gasteiger partial charge on any atom is 0.332 e. The quantitative estimate of drug-likeness (QED) is 0.502. The Morgan fingerprint density at radius 3 is 2.53 bits per heavy atom. The van der Waals surface area contributed by atoms with Crippen molar-refractivity contribution in [2.24, 2.45) is 14.1 Å². The van der Waals surface area contributed by atoms with Gasteiger partial charge in [0.2, 0.25) is 0 Å². The number of hydrogen-bond acceptors (Lipinski definition) is 4. The number of rotatable bonds is 4. The van der Waals surface area contributed by atoms with E-state index in [1.165, 1.54) is 9.13 Å². The zero-order valence-corrected chi connectivity index (χ0v) is 17.9. The summed E-state index contributed by atoms with van der Waals surface area (Å²) in [4.78, 5) is 30.5. The standard InChI is InChI=1S/C22H21ClN4O3/c1-13-8-9-14(2)17(10-13)30-21-24-19-18(25(21)3)20(28)27(22(29)26(19)4)12-15-6-5-7-16(23)11-15/h5-11H,12H2,1-4H3. The van der Waals surface area contributed by atoms with Gasteiger partial charge in [-0.3, -0.25) is 18.5 Å². The molecule has 0 saturated carbocycles. The van der Waals surface area contributed by atoms with Crippen molar-refractivity contribution in [3.63, 3.8) is 0 Å². The monoisotopic (exact) mass is 424 g/mol. The fourth-order valence-electron chi connectivity index (χ4n) is 3.39. The van der Waals surface area contributed by atoms with E-state index in [4.69, 9.17) is 16.3 Å². The van der Waals surface area contributed by atoms with Crippen LogP contribution in [0.1, 0.15) is 16.7 Å². The van der Waals surface area contributed by atoms with E-state index in [0.29, 0.717) is 16.3 Å². The summed E-state index contributed by atoms with van der Waals surface area (Å²) in [7, 11) is 3.29. The molecule has 30 heavy (non-hydrogen) atoms. The lowest BCUT2D eigenvalue weighted by atomic mass is 10.1. The van der Waals surface area contributed by atoms with Gasteiger partial charge in [-0.05, 0) is 48.7 Å². The van der Waals surface area contributed by atoms with Crippen molar-refractivity contribution in [2.75, 3.05) is 0 Å². The molecule has 0 unspecified atom stereocenters. The number of aryl methyl sites for hydroxylation is 4. The van der Waals surface area contributed by atoms with Crippen molar-refractivity contribution in [3.8, 4) is 11.8 Å². The summed E-state index contributed by atoms with van der Waals surface area (Å²) >= 11 is 6.05. The van der Waals surface area contributed by atoms with Crippen molar-refractivity contribution < 1.29 is 4.74 Å². The fraction of sp³-hybridized carbons (Fsp3) is 0.227. The van der Waals surface area contributed by atoms with Crippen molar-refractivity contribution in [1.82, 2.24) is 18.7 Å². The highest BCUT2D eigenvalue weighted by Gasteiger charge is 2.20. The summed E-state index contributed by atoms with van der Waals surface area (Å²) in [5, 5.41) is 0.545. The molecule has 154 valence electrons. The third-order valence-electron chi connectivity index (χ3n) is 5.09. The van der Waals surface area contributed by atoms with E-state index in [0.717, 1.165) is 16.7 Å². The number of imidazole rings is 1. The van der Waals surface area contributed by atoms with Crippen LogP contribution in [0.5, 0.6) is 11.8 Å². The maximum absolute atomic E-state index is 13.2. The highest BCUT2D eigenvalue weighted by molar-refractivity contribution is 6.30. The first kappa shape index (κ1) is 20.0. The van der Waals surface area contributed by atoms with E-state index >= 15 is 0 Å². The minimum Gasteiger partial charge on any atom is -0.425 e. The van der Waals surface area contributed by atoms with Crippen LogP contribution in [-0.4, -0.2) is 18.7 Å². The van der Waals surface area contributed by atoms with Crippen LogP contribution in [0.3, 0.4) is 0 Å². The molecule has 7 nitrogen and oxygen atoms in total. The molecule has 2 heterocycles. The SMILES string of the molecule is Cc1ccc(C)c(Oc2nc3c(c(=O)n(Cc4cccc(Cl)c4)c(=O)n3C)n2C)c1. The molecule has 0 N–H and O–H groups in total. The van der Waals surface area contributed by atoms with E-state index in [1.807, 2.05) is 38.1 Å². The van der Waals surface area contributed by atoms with E-state index in [1.54, 1.807) is 36.9 Å². The number of nitrogens with zero attached hydrogens (tertiary/aromatic N) is 4. The third kappa shape index (κ3) is 3.41. The summed E-state index contributed by atoms with van der Waals surface area (Å²) in [6.45, 7) is 4.02. The first-order chi connectivity index (χ1) is 14.3. The van der Waals surface area contributed by atoms with Crippen LogP contribution in [-0.2, 0) is 20.6 Å². The van der Waals surface area contributed by atoms with Crippen LogP contribution in [0, 0.1) is 13.8 Å². The lowest BCUT2D eigenvalue weighted by molar-refractivity contribution is 0.424. The molecule has 4 rings (SSSR count). The van der Waals surface area contributed by atoms with Gasteiger partial charge in [-0.1, -0.05) is 35.9 Å². The minimum atomic E-state index is -0.455. The Morgan fingerprint density at radius 1 is 1.03 bits per heavy atom. The predicted octanol–water partition coefficient (Wildman–Crippen LogP) is 3.54. The van der Waals surface area contributed by atoms with Gasteiger partial charge in [0.05, 0.1) is 6.54 Å². The zero-order chi connectivity index (χ0) is 21.6. The lowest BCUT2D eigenvalue weighted by Crippen LogP contribution is -2.39. The molecule has 8 heteroatoms. The van der Waals surface area contributed by atoms with Gasteiger partial charge in [-0.15, -0.1) is 0 Å². The highest BCUT2D eigenvalue weighted by atomic mass is 35.5. The van der Waals surface area contributed by atoms with E-state index in [9.17, 15) is 9.59 Å². The van der Waals surface area contributed by atoms with Crippen molar-refractivity contribution in [3.05, 3.63) is 85.0 Å². The molecule has 0 aliphatic heterocycles. The molecule has 4 aromatic rings. The number of fused-ring (bicyclic) bond motifs is 1. The molecule has 0 amide bonds. The van der Waals surface area contributed by atoms with Gasteiger partial charge in [0.15, 0.2) is 11.2 Å². The molecule has 0 aliphatic rings. The number of hydrogen-bond donors (Lipinski definition) is 0. The van der Waals surface area contributed by atoms with Crippen LogP contribution in [0.15, 0.2) is 52.1 Å². The zero-order valence-electron chi connectivity index (χ0n) is 17.1. The Kier molecular flexibility index (Phi) is 4.99. The minimum absolute atomic E-state index is 0.111. The second-order valence-electron chi connectivity index (χ2n) is 7.36. The largest absolute Gasteiger partial charge is 0.425 e. The molecule has 0 atom stereocenters. The van der Waals surface area contributed by atoms with Crippen LogP contribution in [0.4, 0.5) is 0 Å². The summed E-state index contributed by atoms with van der Waals surface area (Å²) in [6.07, 6.45) is 0. The molecule has 2 aromatic heterocycles. The molecular weight excluding hydrogens is 404 g/mol. The topological polar surface area (TPSA) is 71.1 Å². The Balaban J connectivity index is 1.86. The number of aromatic nitrogens is 4. The average molecular weight is 425 g/mol. The van der Waals surface area contributed by atoms with Crippen LogP contribution in [0.2, 0.25) is 5.02 Å². The predicted molar refractivity (Wildman–Crippen MR) is 117 cm³/mol. The van der Waals surface area contributed by atoms with E-state index < -0.39 is 11.2 Å². The van der Waals surface area contributed by atoms with Gasteiger partial charge < -0.3 is 4.74 Å². The molecule has 0 bridgehead atoms. The van der Waals surface area contributed by atoms with Gasteiger partial charge in [-0.25, -0.2) is 4.79 Å². The Labute approximate surface area is 177 Å². The molecule has 0 spiro atoms. The van der Waals surface area contributed by atoms with E-state index in [-0.39, 0.29) is 18.2 Å². The van der Waals surface area contributed by atoms with Gasteiger partial charge in [0.25, 0.3) is 5.56 Å².